The minimum Gasteiger partial charge on any atom is -0.352 e. The van der Waals surface area contributed by atoms with Crippen LogP contribution >= 0.6 is 0 Å². The summed E-state index contributed by atoms with van der Waals surface area (Å²) >= 11 is 0. The van der Waals surface area contributed by atoms with Gasteiger partial charge in [-0.3, -0.25) is 4.79 Å². The summed E-state index contributed by atoms with van der Waals surface area (Å²) in [5, 5.41) is 2.78. The van der Waals surface area contributed by atoms with E-state index in [1.165, 1.54) is 0 Å². The number of carbonyl (C=O) groups is 1. The molecule has 2 heteroatoms. The van der Waals surface area contributed by atoms with Gasteiger partial charge in [0.1, 0.15) is 0 Å². The van der Waals surface area contributed by atoms with Crippen molar-refractivity contribution in [1.82, 2.24) is 5.32 Å². The molecule has 0 radical (unpaired) electrons. The van der Waals surface area contributed by atoms with Crippen LogP contribution in [-0.4, -0.2) is 11.9 Å². The quantitative estimate of drug-likeness (QED) is 0.427. The lowest BCUT2D eigenvalue weighted by molar-refractivity contribution is -0.128. The van der Waals surface area contributed by atoms with Gasteiger partial charge in [0, 0.05) is 12.5 Å². The van der Waals surface area contributed by atoms with Crippen LogP contribution in [0.1, 0.15) is 13.3 Å². The molecule has 0 spiro atoms. The maximum Gasteiger partial charge on any atom is 0.222 e. The Morgan fingerprint density at radius 1 is 2.00 bits per heavy atom. The molecule has 0 aromatic heterocycles. The fourth-order valence-electron chi connectivity index (χ4n) is 0.867. The van der Waals surface area contributed by atoms with E-state index in [4.69, 9.17) is 0 Å². The molecule has 2 atom stereocenters. The van der Waals surface area contributed by atoms with Crippen molar-refractivity contribution in [2.45, 2.75) is 19.4 Å². The molecule has 1 rings (SSSR count). The van der Waals surface area contributed by atoms with Crippen LogP contribution in [0.4, 0.5) is 0 Å². The third-order valence-electron chi connectivity index (χ3n) is 1.76. The van der Waals surface area contributed by atoms with Crippen molar-refractivity contribution in [3.05, 3.63) is 12.7 Å². The van der Waals surface area contributed by atoms with Gasteiger partial charge in [-0.15, -0.1) is 6.58 Å². The summed E-state index contributed by atoms with van der Waals surface area (Å²) in [5.41, 5.74) is 0. The molecule has 0 saturated carbocycles. The lowest BCUT2D eigenvalue weighted by atomic mass is 9.93. The van der Waals surface area contributed by atoms with Crippen molar-refractivity contribution < 1.29 is 4.79 Å². The van der Waals surface area contributed by atoms with Crippen LogP contribution in [0, 0.1) is 5.92 Å². The van der Waals surface area contributed by atoms with Gasteiger partial charge in [0.2, 0.25) is 5.91 Å². The molecular weight excluding hydrogens is 114 g/mol. The Hall–Kier alpha value is -0.790. The first-order chi connectivity index (χ1) is 4.24. The molecular formula is C7H11NO. The van der Waals surface area contributed by atoms with Gasteiger partial charge >= 0.3 is 0 Å². The zero-order valence-corrected chi connectivity index (χ0v) is 5.55. The van der Waals surface area contributed by atoms with Crippen LogP contribution in [0.2, 0.25) is 0 Å². The molecule has 0 aromatic carbocycles. The van der Waals surface area contributed by atoms with E-state index in [9.17, 15) is 4.79 Å². The van der Waals surface area contributed by atoms with E-state index in [1.807, 2.05) is 6.08 Å². The fourth-order valence-corrected chi connectivity index (χ4v) is 0.867. The van der Waals surface area contributed by atoms with E-state index in [0.29, 0.717) is 18.4 Å². The minimum atomic E-state index is 0.161. The Kier molecular flexibility index (Phi) is 1.56. The number of hydrogen-bond acceptors (Lipinski definition) is 1. The number of hydrogen-bond donors (Lipinski definition) is 1. The van der Waals surface area contributed by atoms with Crippen molar-refractivity contribution in [1.29, 1.82) is 0 Å². The highest BCUT2D eigenvalue weighted by Gasteiger charge is 2.28. The lowest BCUT2D eigenvalue weighted by Crippen LogP contribution is -2.51. The summed E-state index contributed by atoms with van der Waals surface area (Å²) < 4.78 is 0. The maximum absolute atomic E-state index is 10.4. The summed E-state index contributed by atoms with van der Waals surface area (Å²) in [6, 6.07) is 0.356. The molecule has 0 aromatic rings. The average molecular weight is 125 g/mol. The average Bonchev–Trinajstić information content (AvgIpc) is 1.79. The Balaban J connectivity index is 2.30. The number of β-lactam (4-membered cyclic amide) rings is 1. The monoisotopic (exact) mass is 125 g/mol. The van der Waals surface area contributed by atoms with E-state index >= 15 is 0 Å². The van der Waals surface area contributed by atoms with Gasteiger partial charge in [-0.05, 0) is 5.92 Å². The third-order valence-corrected chi connectivity index (χ3v) is 1.76. The number of nitrogens with one attached hydrogen (secondary N) is 1. The van der Waals surface area contributed by atoms with Gasteiger partial charge in [0.25, 0.3) is 0 Å². The first-order valence-corrected chi connectivity index (χ1v) is 3.16. The highest BCUT2D eigenvalue weighted by atomic mass is 16.2. The lowest BCUT2D eigenvalue weighted by Gasteiger charge is -2.30. The topological polar surface area (TPSA) is 29.1 Å². The smallest absolute Gasteiger partial charge is 0.222 e. The molecule has 0 bridgehead atoms. The predicted octanol–water partition coefficient (Wildman–Crippen LogP) is 0.697. The van der Waals surface area contributed by atoms with Gasteiger partial charge < -0.3 is 5.32 Å². The molecule has 1 aliphatic rings. The highest BCUT2D eigenvalue weighted by molar-refractivity contribution is 5.82. The Bertz CT molecular complexity index is 134. The van der Waals surface area contributed by atoms with Crippen molar-refractivity contribution in [2.75, 3.05) is 0 Å². The molecule has 1 heterocycles. The Labute approximate surface area is 54.9 Å². The summed E-state index contributed by atoms with van der Waals surface area (Å²) in [7, 11) is 0. The SMILES string of the molecule is C=CC(C)C1CC(=O)N1. The number of amides is 1. The zero-order chi connectivity index (χ0) is 6.85. The second kappa shape index (κ2) is 2.21. The predicted molar refractivity (Wildman–Crippen MR) is 35.9 cm³/mol. The Morgan fingerprint density at radius 3 is 2.89 bits per heavy atom. The first-order valence-electron chi connectivity index (χ1n) is 3.16. The third kappa shape index (κ3) is 1.12. The zero-order valence-electron chi connectivity index (χ0n) is 5.55. The van der Waals surface area contributed by atoms with E-state index in [0.717, 1.165) is 0 Å². The van der Waals surface area contributed by atoms with Gasteiger partial charge in [-0.1, -0.05) is 13.0 Å². The molecule has 1 N–H and O–H groups in total. The van der Waals surface area contributed by atoms with Crippen LogP contribution in [0.3, 0.4) is 0 Å². The molecule has 50 valence electrons. The van der Waals surface area contributed by atoms with Crippen molar-refractivity contribution in [2.24, 2.45) is 5.92 Å². The molecule has 1 amide bonds. The normalized spacial score (nSPS) is 28.1. The molecule has 1 saturated heterocycles. The van der Waals surface area contributed by atoms with Gasteiger partial charge in [-0.25, -0.2) is 0 Å². The number of rotatable bonds is 2. The highest BCUT2D eigenvalue weighted by Crippen LogP contribution is 2.14. The Morgan fingerprint density at radius 2 is 2.56 bits per heavy atom. The fraction of sp³-hybridized carbons (Fsp3) is 0.571. The second-order valence-electron chi connectivity index (χ2n) is 2.47. The molecule has 2 nitrogen and oxygen atoms in total. The largest absolute Gasteiger partial charge is 0.352 e. The molecule has 1 aliphatic heterocycles. The van der Waals surface area contributed by atoms with Crippen molar-refractivity contribution >= 4 is 5.91 Å². The van der Waals surface area contributed by atoms with Crippen LogP contribution in [0.15, 0.2) is 12.7 Å². The van der Waals surface area contributed by atoms with Gasteiger partial charge in [0.15, 0.2) is 0 Å². The van der Waals surface area contributed by atoms with E-state index < -0.39 is 0 Å². The standard InChI is InChI=1S/C7H11NO/c1-3-5(2)6-4-7(9)8-6/h3,5-6H,1,4H2,2H3,(H,8,9). The molecule has 9 heavy (non-hydrogen) atoms. The minimum absolute atomic E-state index is 0.161. The van der Waals surface area contributed by atoms with Crippen LogP contribution in [-0.2, 0) is 4.79 Å². The number of carbonyl (C=O) groups excluding carboxylic acids is 1. The van der Waals surface area contributed by atoms with Crippen LogP contribution in [0.5, 0.6) is 0 Å². The van der Waals surface area contributed by atoms with Gasteiger partial charge in [0.05, 0.1) is 0 Å². The summed E-state index contributed by atoms with van der Waals surface area (Å²) in [6.45, 7) is 5.69. The first kappa shape index (κ1) is 6.33. The van der Waals surface area contributed by atoms with E-state index in [-0.39, 0.29) is 5.91 Å². The van der Waals surface area contributed by atoms with E-state index in [1.54, 1.807) is 0 Å². The van der Waals surface area contributed by atoms with Crippen LogP contribution < -0.4 is 5.32 Å². The maximum atomic E-state index is 10.4. The van der Waals surface area contributed by atoms with Crippen molar-refractivity contribution in [3.63, 3.8) is 0 Å². The van der Waals surface area contributed by atoms with Gasteiger partial charge in [-0.2, -0.15) is 0 Å². The second-order valence-corrected chi connectivity index (χ2v) is 2.47. The van der Waals surface area contributed by atoms with Crippen molar-refractivity contribution in [3.8, 4) is 0 Å². The van der Waals surface area contributed by atoms with E-state index in [2.05, 4.69) is 18.8 Å². The summed E-state index contributed by atoms with van der Waals surface area (Å²) in [5.74, 6) is 0.580. The molecule has 0 aliphatic carbocycles. The summed E-state index contributed by atoms with van der Waals surface area (Å²) in [6.07, 6.45) is 2.54. The molecule has 2 unspecified atom stereocenters. The molecule has 1 fully saturated rings. The summed E-state index contributed by atoms with van der Waals surface area (Å²) in [4.78, 5) is 10.4. The van der Waals surface area contributed by atoms with Crippen LogP contribution in [0.25, 0.3) is 0 Å².